The Morgan fingerprint density at radius 2 is 2.05 bits per heavy atom. The summed E-state index contributed by atoms with van der Waals surface area (Å²) in [5.41, 5.74) is 1.16. The number of nitrogens with zero attached hydrogens (tertiary/aromatic N) is 4. The molecule has 1 aromatic rings. The summed E-state index contributed by atoms with van der Waals surface area (Å²) in [4.78, 5) is 13.7. The van der Waals surface area contributed by atoms with Gasteiger partial charge in [0, 0.05) is 37.9 Å². The summed E-state index contributed by atoms with van der Waals surface area (Å²) in [5, 5.41) is 3.19. The van der Waals surface area contributed by atoms with E-state index in [1.54, 1.807) is 0 Å². The molecule has 20 heavy (non-hydrogen) atoms. The van der Waals surface area contributed by atoms with Crippen LogP contribution >= 0.6 is 0 Å². The van der Waals surface area contributed by atoms with Gasteiger partial charge in [-0.1, -0.05) is 0 Å². The third kappa shape index (κ3) is 3.82. The summed E-state index contributed by atoms with van der Waals surface area (Å²) >= 11 is 0. The first-order chi connectivity index (χ1) is 9.60. The summed E-state index contributed by atoms with van der Waals surface area (Å²) in [7, 11) is 4.31. The van der Waals surface area contributed by atoms with Gasteiger partial charge < -0.3 is 15.1 Å². The molecule has 112 valence electrons. The molecule has 1 aliphatic heterocycles. The van der Waals surface area contributed by atoms with Crippen molar-refractivity contribution in [2.24, 2.45) is 5.92 Å². The first-order valence-electron chi connectivity index (χ1n) is 7.57. The van der Waals surface area contributed by atoms with Gasteiger partial charge in [-0.05, 0) is 46.7 Å². The van der Waals surface area contributed by atoms with Crippen LogP contribution in [0.5, 0.6) is 0 Å². The molecular weight excluding hydrogens is 250 g/mol. The number of anilines is 2. The molecule has 0 bridgehead atoms. The average molecular weight is 277 g/mol. The van der Waals surface area contributed by atoms with E-state index in [0.717, 1.165) is 42.9 Å². The van der Waals surface area contributed by atoms with E-state index in [4.69, 9.17) is 0 Å². The quantitative estimate of drug-likeness (QED) is 0.892. The monoisotopic (exact) mass is 277 g/mol. The van der Waals surface area contributed by atoms with Crippen LogP contribution in [-0.2, 0) is 0 Å². The summed E-state index contributed by atoms with van der Waals surface area (Å²) in [6.07, 6.45) is 4.42. The Morgan fingerprint density at radius 3 is 2.65 bits per heavy atom. The lowest BCUT2D eigenvalue weighted by Gasteiger charge is -2.34. The Morgan fingerprint density at radius 1 is 1.35 bits per heavy atom. The van der Waals surface area contributed by atoms with Crippen molar-refractivity contribution in [2.45, 2.75) is 26.7 Å². The largest absolute Gasteiger partial charge is 0.356 e. The molecule has 5 heteroatoms. The number of nitrogens with one attached hydrogen (secondary N) is 1. The van der Waals surface area contributed by atoms with Crippen molar-refractivity contribution in [3.05, 3.63) is 11.8 Å². The zero-order chi connectivity index (χ0) is 14.5. The standard InChI is InChI=1S/C15H27N5/c1-5-16-15-17-10-12(2)14(18-15)20-8-6-13(7-9-20)11-19(3)4/h10,13H,5-9,11H2,1-4H3,(H,16,17,18). The Balaban J connectivity index is 2.00. The van der Waals surface area contributed by atoms with Gasteiger partial charge in [0.15, 0.2) is 0 Å². The maximum absolute atomic E-state index is 4.66. The molecule has 5 nitrogen and oxygen atoms in total. The fraction of sp³-hybridized carbons (Fsp3) is 0.733. The Hall–Kier alpha value is -1.36. The maximum atomic E-state index is 4.66. The number of aryl methyl sites for hydroxylation is 1. The van der Waals surface area contributed by atoms with Gasteiger partial charge in [-0.2, -0.15) is 4.98 Å². The van der Waals surface area contributed by atoms with E-state index in [9.17, 15) is 0 Å². The maximum Gasteiger partial charge on any atom is 0.224 e. The number of hydrogen-bond donors (Lipinski definition) is 1. The summed E-state index contributed by atoms with van der Waals surface area (Å²) < 4.78 is 0. The van der Waals surface area contributed by atoms with E-state index >= 15 is 0 Å². The van der Waals surface area contributed by atoms with E-state index in [1.807, 2.05) is 6.20 Å². The Kier molecular flexibility index (Phi) is 5.17. The minimum atomic E-state index is 0.739. The molecule has 1 aromatic heterocycles. The zero-order valence-corrected chi connectivity index (χ0v) is 13.2. The van der Waals surface area contributed by atoms with Gasteiger partial charge >= 0.3 is 0 Å². The van der Waals surface area contributed by atoms with Crippen molar-refractivity contribution in [3.8, 4) is 0 Å². The van der Waals surface area contributed by atoms with Crippen LogP contribution in [0.3, 0.4) is 0 Å². The second-order valence-corrected chi connectivity index (χ2v) is 5.92. The molecule has 0 radical (unpaired) electrons. The van der Waals surface area contributed by atoms with Crippen LogP contribution in [0, 0.1) is 12.8 Å². The van der Waals surface area contributed by atoms with Gasteiger partial charge in [0.2, 0.25) is 5.95 Å². The highest BCUT2D eigenvalue weighted by molar-refractivity contribution is 5.49. The van der Waals surface area contributed by atoms with E-state index in [2.05, 4.69) is 53.0 Å². The summed E-state index contributed by atoms with van der Waals surface area (Å²) in [6, 6.07) is 0. The lowest BCUT2D eigenvalue weighted by atomic mass is 9.96. The minimum absolute atomic E-state index is 0.739. The lowest BCUT2D eigenvalue weighted by Crippen LogP contribution is -2.38. The van der Waals surface area contributed by atoms with Crippen molar-refractivity contribution in [3.63, 3.8) is 0 Å². The predicted octanol–water partition coefficient (Wildman–Crippen LogP) is 1.99. The Bertz CT molecular complexity index is 424. The Labute approximate surface area is 122 Å². The van der Waals surface area contributed by atoms with Crippen LogP contribution in [0.4, 0.5) is 11.8 Å². The van der Waals surface area contributed by atoms with Crippen LogP contribution in [-0.4, -0.2) is 55.1 Å². The SMILES string of the molecule is CCNc1ncc(C)c(N2CCC(CN(C)C)CC2)n1. The van der Waals surface area contributed by atoms with Gasteiger partial charge in [-0.15, -0.1) is 0 Å². The van der Waals surface area contributed by atoms with Crippen molar-refractivity contribution in [1.82, 2.24) is 14.9 Å². The third-order valence-electron chi connectivity index (χ3n) is 3.82. The molecule has 0 aliphatic carbocycles. The van der Waals surface area contributed by atoms with Crippen molar-refractivity contribution < 1.29 is 0 Å². The highest BCUT2D eigenvalue weighted by atomic mass is 15.2. The number of piperidine rings is 1. The topological polar surface area (TPSA) is 44.3 Å². The van der Waals surface area contributed by atoms with Gasteiger partial charge in [0.05, 0.1) is 0 Å². The normalized spacial score (nSPS) is 16.8. The van der Waals surface area contributed by atoms with Gasteiger partial charge in [0.25, 0.3) is 0 Å². The molecule has 0 saturated carbocycles. The summed E-state index contributed by atoms with van der Waals surface area (Å²) in [5.74, 6) is 2.65. The molecule has 0 amide bonds. The molecule has 0 unspecified atom stereocenters. The van der Waals surface area contributed by atoms with E-state index in [-0.39, 0.29) is 0 Å². The molecule has 2 heterocycles. The fourth-order valence-corrected chi connectivity index (χ4v) is 2.84. The first kappa shape index (κ1) is 15.0. The molecule has 2 rings (SSSR count). The molecule has 1 aliphatic rings. The summed E-state index contributed by atoms with van der Waals surface area (Å²) in [6.45, 7) is 8.41. The van der Waals surface area contributed by atoms with Gasteiger partial charge in [-0.25, -0.2) is 4.98 Å². The second-order valence-electron chi connectivity index (χ2n) is 5.92. The zero-order valence-electron chi connectivity index (χ0n) is 13.2. The average Bonchev–Trinajstić information content (AvgIpc) is 2.42. The predicted molar refractivity (Wildman–Crippen MR) is 84.4 cm³/mol. The van der Waals surface area contributed by atoms with E-state index in [1.165, 1.54) is 19.4 Å². The first-order valence-corrected chi connectivity index (χ1v) is 7.57. The molecule has 0 spiro atoms. The second kappa shape index (κ2) is 6.88. The van der Waals surface area contributed by atoms with Crippen molar-refractivity contribution in [1.29, 1.82) is 0 Å². The highest BCUT2D eigenvalue weighted by Gasteiger charge is 2.22. The number of rotatable bonds is 5. The van der Waals surface area contributed by atoms with Crippen LogP contribution in [0.15, 0.2) is 6.20 Å². The van der Waals surface area contributed by atoms with Crippen LogP contribution in [0.25, 0.3) is 0 Å². The van der Waals surface area contributed by atoms with Crippen LogP contribution < -0.4 is 10.2 Å². The van der Waals surface area contributed by atoms with Gasteiger partial charge in [0.1, 0.15) is 5.82 Å². The van der Waals surface area contributed by atoms with Crippen molar-refractivity contribution in [2.75, 3.05) is 50.5 Å². The number of hydrogen-bond acceptors (Lipinski definition) is 5. The van der Waals surface area contributed by atoms with E-state index < -0.39 is 0 Å². The number of aromatic nitrogens is 2. The van der Waals surface area contributed by atoms with Gasteiger partial charge in [-0.3, -0.25) is 0 Å². The molecule has 1 N–H and O–H groups in total. The van der Waals surface area contributed by atoms with Crippen molar-refractivity contribution >= 4 is 11.8 Å². The smallest absolute Gasteiger partial charge is 0.224 e. The van der Waals surface area contributed by atoms with E-state index in [0.29, 0.717) is 0 Å². The van der Waals surface area contributed by atoms with Crippen LogP contribution in [0.2, 0.25) is 0 Å². The molecule has 0 aromatic carbocycles. The molecular formula is C15H27N5. The van der Waals surface area contributed by atoms with Crippen LogP contribution in [0.1, 0.15) is 25.3 Å². The minimum Gasteiger partial charge on any atom is -0.356 e. The highest BCUT2D eigenvalue weighted by Crippen LogP contribution is 2.25. The molecule has 0 atom stereocenters. The molecule has 1 fully saturated rings. The third-order valence-corrected chi connectivity index (χ3v) is 3.82. The molecule has 1 saturated heterocycles. The fourth-order valence-electron chi connectivity index (χ4n) is 2.84. The lowest BCUT2D eigenvalue weighted by molar-refractivity contribution is 0.284.